The zero-order valence-corrected chi connectivity index (χ0v) is 20.3. The van der Waals surface area contributed by atoms with Crippen molar-refractivity contribution in [1.29, 1.82) is 0 Å². The molecular formula is C27H32N2O6. The van der Waals surface area contributed by atoms with E-state index in [-0.39, 0.29) is 37.6 Å². The molecule has 2 aromatic rings. The first-order valence-corrected chi connectivity index (χ1v) is 11.9. The Labute approximate surface area is 205 Å². The molecule has 4 rings (SSSR count). The van der Waals surface area contributed by atoms with Crippen LogP contribution in [0.3, 0.4) is 0 Å². The first-order valence-electron chi connectivity index (χ1n) is 11.9. The molecule has 35 heavy (non-hydrogen) atoms. The second kappa shape index (κ2) is 10.1. The van der Waals surface area contributed by atoms with Crippen LogP contribution < -0.4 is 5.32 Å². The molecule has 0 saturated carbocycles. The maximum atomic E-state index is 13.5. The molecule has 8 nitrogen and oxygen atoms in total. The van der Waals surface area contributed by atoms with Gasteiger partial charge in [-0.25, -0.2) is 4.79 Å². The largest absolute Gasteiger partial charge is 0.481 e. The average molecular weight is 481 g/mol. The Morgan fingerprint density at radius 1 is 1.06 bits per heavy atom. The third-order valence-corrected chi connectivity index (χ3v) is 7.12. The van der Waals surface area contributed by atoms with Gasteiger partial charge in [0.2, 0.25) is 0 Å². The number of ether oxygens (including phenoxy) is 2. The Bertz CT molecular complexity index is 1070. The van der Waals surface area contributed by atoms with Crippen molar-refractivity contribution in [2.24, 2.45) is 5.92 Å². The number of fused-ring (bicyclic) bond motifs is 3. The number of piperidine rings is 1. The van der Waals surface area contributed by atoms with E-state index >= 15 is 0 Å². The van der Waals surface area contributed by atoms with Crippen LogP contribution in [-0.2, 0) is 19.1 Å². The Kier molecular flexibility index (Phi) is 7.12. The number of rotatable bonds is 7. The van der Waals surface area contributed by atoms with Crippen molar-refractivity contribution >= 4 is 18.0 Å². The predicted octanol–water partition coefficient (Wildman–Crippen LogP) is 3.64. The second-order valence-corrected chi connectivity index (χ2v) is 9.63. The normalized spacial score (nSPS) is 20.9. The summed E-state index contributed by atoms with van der Waals surface area (Å²) in [7, 11) is 1.45. The lowest BCUT2D eigenvalue weighted by Gasteiger charge is -2.41. The van der Waals surface area contributed by atoms with Gasteiger partial charge in [-0.15, -0.1) is 0 Å². The van der Waals surface area contributed by atoms with Crippen LogP contribution in [-0.4, -0.2) is 66.4 Å². The fraction of sp³-hybridized carbons (Fsp3) is 0.444. The maximum absolute atomic E-state index is 13.5. The lowest BCUT2D eigenvalue weighted by molar-refractivity contribution is -0.150. The molecule has 186 valence electrons. The smallest absolute Gasteiger partial charge is 0.408 e. The lowest BCUT2D eigenvalue weighted by Crippen LogP contribution is -2.63. The van der Waals surface area contributed by atoms with Crippen LogP contribution in [0.1, 0.15) is 43.7 Å². The topological polar surface area (TPSA) is 105 Å². The van der Waals surface area contributed by atoms with Gasteiger partial charge in [0.1, 0.15) is 12.1 Å². The summed E-state index contributed by atoms with van der Waals surface area (Å²) >= 11 is 0. The van der Waals surface area contributed by atoms with Crippen LogP contribution in [0.4, 0.5) is 4.79 Å². The number of nitrogens with zero attached hydrogens (tertiary/aromatic N) is 1. The number of methoxy groups -OCH3 is 1. The first-order chi connectivity index (χ1) is 16.7. The molecule has 1 aliphatic heterocycles. The molecule has 0 radical (unpaired) electrons. The van der Waals surface area contributed by atoms with E-state index in [0.717, 1.165) is 22.3 Å². The van der Waals surface area contributed by atoms with Gasteiger partial charge in [0, 0.05) is 25.6 Å². The zero-order chi connectivity index (χ0) is 25.2. The van der Waals surface area contributed by atoms with Gasteiger partial charge in [0.15, 0.2) is 0 Å². The summed E-state index contributed by atoms with van der Waals surface area (Å²) in [5.74, 6) is -2.04. The van der Waals surface area contributed by atoms with Crippen molar-refractivity contribution in [1.82, 2.24) is 10.2 Å². The molecule has 3 atom stereocenters. The summed E-state index contributed by atoms with van der Waals surface area (Å²) < 4.78 is 10.9. The minimum absolute atomic E-state index is 0.0724. The van der Waals surface area contributed by atoms with Gasteiger partial charge < -0.3 is 24.8 Å². The van der Waals surface area contributed by atoms with E-state index in [1.807, 2.05) is 43.3 Å². The van der Waals surface area contributed by atoms with E-state index in [9.17, 15) is 19.5 Å². The van der Waals surface area contributed by atoms with E-state index in [0.29, 0.717) is 12.8 Å². The van der Waals surface area contributed by atoms with Crippen molar-refractivity contribution in [3.05, 3.63) is 59.7 Å². The van der Waals surface area contributed by atoms with Crippen LogP contribution >= 0.6 is 0 Å². The first kappa shape index (κ1) is 24.7. The average Bonchev–Trinajstić information content (AvgIpc) is 3.16. The molecule has 1 aliphatic carbocycles. The molecule has 0 aromatic heterocycles. The zero-order valence-electron chi connectivity index (χ0n) is 20.3. The van der Waals surface area contributed by atoms with E-state index < -0.39 is 23.5 Å². The molecule has 0 spiro atoms. The molecular weight excluding hydrogens is 448 g/mol. The number of aliphatic carboxylic acids is 1. The summed E-state index contributed by atoms with van der Waals surface area (Å²) in [4.78, 5) is 39.4. The highest BCUT2D eigenvalue weighted by molar-refractivity contribution is 5.90. The molecule has 0 bridgehead atoms. The maximum Gasteiger partial charge on any atom is 0.408 e. The van der Waals surface area contributed by atoms with E-state index in [1.165, 1.54) is 12.0 Å². The van der Waals surface area contributed by atoms with Gasteiger partial charge >= 0.3 is 12.1 Å². The molecule has 1 heterocycles. The minimum Gasteiger partial charge on any atom is -0.481 e. The fourth-order valence-electron chi connectivity index (χ4n) is 5.21. The van der Waals surface area contributed by atoms with E-state index in [4.69, 9.17) is 9.47 Å². The highest BCUT2D eigenvalue weighted by Crippen LogP contribution is 2.44. The Balaban J connectivity index is 1.46. The Morgan fingerprint density at radius 2 is 1.66 bits per heavy atom. The van der Waals surface area contributed by atoms with Crippen molar-refractivity contribution in [3.8, 4) is 11.1 Å². The third kappa shape index (κ3) is 4.89. The minimum atomic E-state index is -1.40. The van der Waals surface area contributed by atoms with E-state index in [2.05, 4.69) is 17.4 Å². The quantitative estimate of drug-likeness (QED) is 0.627. The molecule has 2 aromatic carbocycles. The molecule has 1 saturated heterocycles. The summed E-state index contributed by atoms with van der Waals surface area (Å²) in [6, 6.07) is 16.0. The number of alkyl carbamates (subject to hydrolysis) is 1. The number of nitrogens with one attached hydrogen (secondary N) is 1. The molecule has 2 N–H and O–H groups in total. The number of amides is 2. The summed E-state index contributed by atoms with van der Waals surface area (Å²) in [5, 5.41) is 12.1. The standard InChI is InChI=1S/C27H32N2O6/c1-17-12-13-18(24(30)31)14-29(17)25(32)27(2,16-34-3)28-26(33)35-15-23-21-10-6-4-8-19(21)20-9-5-7-11-22(20)23/h4-11,17-18,23H,12-16H2,1-3H3,(H,28,33)(H,30,31). The number of carboxylic acid groups (broad SMARTS) is 1. The van der Waals surface area contributed by atoms with Crippen molar-refractivity contribution in [2.45, 2.75) is 44.2 Å². The van der Waals surface area contributed by atoms with Gasteiger partial charge in [0.05, 0.1) is 12.5 Å². The van der Waals surface area contributed by atoms with E-state index in [1.54, 1.807) is 6.92 Å². The number of carboxylic acids is 1. The van der Waals surface area contributed by atoms with Crippen molar-refractivity contribution < 1.29 is 29.0 Å². The molecule has 2 amide bonds. The van der Waals surface area contributed by atoms with Crippen LogP contribution in [0, 0.1) is 5.92 Å². The number of benzene rings is 2. The second-order valence-electron chi connectivity index (χ2n) is 9.63. The van der Waals surface area contributed by atoms with Crippen molar-refractivity contribution in [3.63, 3.8) is 0 Å². The highest BCUT2D eigenvalue weighted by atomic mass is 16.5. The van der Waals surface area contributed by atoms with Gasteiger partial charge in [-0.2, -0.15) is 0 Å². The number of carbonyl (C=O) groups excluding carboxylic acids is 2. The number of carbonyl (C=O) groups is 3. The summed E-state index contributed by atoms with van der Waals surface area (Å²) in [6.45, 7) is 3.62. The SMILES string of the molecule is COCC(C)(NC(=O)OCC1c2ccccc2-c2ccccc21)C(=O)N1CC(C(=O)O)CCC1C. The van der Waals surface area contributed by atoms with Crippen LogP contribution in [0.2, 0.25) is 0 Å². The summed E-state index contributed by atoms with van der Waals surface area (Å²) in [6.07, 6.45) is 0.372. The Hall–Kier alpha value is -3.39. The van der Waals surface area contributed by atoms with Gasteiger partial charge in [0.25, 0.3) is 5.91 Å². The molecule has 2 aliphatic rings. The number of likely N-dealkylation sites (tertiary alicyclic amines) is 1. The number of hydrogen-bond acceptors (Lipinski definition) is 5. The van der Waals surface area contributed by atoms with Gasteiger partial charge in [-0.05, 0) is 48.9 Å². The van der Waals surface area contributed by atoms with Crippen LogP contribution in [0.5, 0.6) is 0 Å². The predicted molar refractivity (Wildman–Crippen MR) is 130 cm³/mol. The third-order valence-electron chi connectivity index (χ3n) is 7.12. The lowest BCUT2D eigenvalue weighted by atomic mass is 9.90. The monoisotopic (exact) mass is 480 g/mol. The fourth-order valence-corrected chi connectivity index (χ4v) is 5.21. The highest BCUT2D eigenvalue weighted by Gasteiger charge is 2.43. The molecule has 1 fully saturated rings. The molecule has 3 unspecified atom stereocenters. The summed E-state index contributed by atoms with van der Waals surface area (Å²) in [5.41, 5.74) is 3.05. The van der Waals surface area contributed by atoms with Crippen molar-refractivity contribution in [2.75, 3.05) is 26.9 Å². The van der Waals surface area contributed by atoms with Crippen LogP contribution in [0.25, 0.3) is 11.1 Å². The molecule has 8 heteroatoms. The number of hydrogen-bond donors (Lipinski definition) is 2. The Morgan fingerprint density at radius 3 is 2.23 bits per heavy atom. The van der Waals surface area contributed by atoms with Gasteiger partial charge in [-0.1, -0.05) is 48.5 Å². The van der Waals surface area contributed by atoms with Gasteiger partial charge in [-0.3, -0.25) is 9.59 Å². The van der Waals surface area contributed by atoms with Crippen LogP contribution in [0.15, 0.2) is 48.5 Å².